The number of hydrogen-bond donors (Lipinski definition) is 0. The van der Waals surface area contributed by atoms with Gasteiger partial charge in [0.15, 0.2) is 5.17 Å². The molecule has 3 aromatic rings. The second-order valence-electron chi connectivity index (χ2n) is 9.13. The quantitative estimate of drug-likeness (QED) is 0.113. The standard InChI is InChI=1S/C29H24N4O4S2/c1-4-12-32-27(34)26(28-31(5-2)24-16-21(37-3)8-11-25(24)38-28)39-29(32)30-19-6-9-22-17(14-19)13-18-15-20(33(35)36)7-10-23(18)22/h4,6-11,14-16H,1,5,12-13H2,2-3H3. The van der Waals surface area contributed by atoms with Gasteiger partial charge >= 0.3 is 0 Å². The molecule has 1 fully saturated rings. The van der Waals surface area contributed by atoms with E-state index >= 15 is 0 Å². The average molecular weight is 557 g/mol. The van der Waals surface area contributed by atoms with E-state index in [4.69, 9.17) is 9.73 Å². The van der Waals surface area contributed by atoms with Crippen LogP contribution in [0.2, 0.25) is 0 Å². The molecular formula is C29H24N4O4S2. The van der Waals surface area contributed by atoms with Crippen LogP contribution in [-0.4, -0.2) is 41.1 Å². The molecule has 0 aromatic heterocycles. The number of aliphatic imine (C=N–C) groups is 1. The Labute approximate surface area is 234 Å². The Morgan fingerprint density at radius 3 is 2.56 bits per heavy atom. The lowest BCUT2D eigenvalue weighted by Gasteiger charge is -2.19. The van der Waals surface area contributed by atoms with Gasteiger partial charge in [0.1, 0.15) is 15.7 Å². The number of hydrogen-bond acceptors (Lipinski definition) is 8. The van der Waals surface area contributed by atoms with Crippen molar-refractivity contribution in [2.45, 2.75) is 18.2 Å². The van der Waals surface area contributed by atoms with Gasteiger partial charge in [-0.15, -0.1) is 6.58 Å². The fourth-order valence-electron chi connectivity index (χ4n) is 5.06. The lowest BCUT2D eigenvalue weighted by atomic mass is 10.1. The Morgan fingerprint density at radius 1 is 1.08 bits per heavy atom. The fraction of sp³-hybridized carbons (Fsp3) is 0.172. The molecular weight excluding hydrogens is 532 g/mol. The van der Waals surface area contributed by atoms with Gasteiger partial charge in [0.05, 0.1) is 23.4 Å². The number of ether oxygens (including phenoxy) is 1. The molecule has 3 aliphatic rings. The molecule has 0 spiro atoms. The van der Waals surface area contributed by atoms with Crippen molar-refractivity contribution in [1.29, 1.82) is 0 Å². The summed E-state index contributed by atoms with van der Waals surface area (Å²) in [4.78, 5) is 34.9. The van der Waals surface area contributed by atoms with Crippen molar-refractivity contribution in [2.24, 2.45) is 4.99 Å². The Balaban J connectivity index is 1.34. The first-order chi connectivity index (χ1) is 18.9. The number of nitro benzene ring substituents is 1. The number of fused-ring (bicyclic) bond motifs is 4. The van der Waals surface area contributed by atoms with Gasteiger partial charge in [0, 0.05) is 36.2 Å². The van der Waals surface area contributed by atoms with Crippen LogP contribution in [-0.2, 0) is 11.2 Å². The van der Waals surface area contributed by atoms with Crippen LogP contribution in [0.1, 0.15) is 18.1 Å². The fourth-order valence-corrected chi connectivity index (χ4v) is 7.44. The predicted molar refractivity (Wildman–Crippen MR) is 157 cm³/mol. The molecule has 0 saturated carbocycles. The highest BCUT2D eigenvalue weighted by Crippen LogP contribution is 2.51. The van der Waals surface area contributed by atoms with Crippen molar-refractivity contribution in [3.63, 3.8) is 0 Å². The van der Waals surface area contributed by atoms with Crippen LogP contribution in [0.5, 0.6) is 5.75 Å². The summed E-state index contributed by atoms with van der Waals surface area (Å²) in [5, 5.41) is 12.7. The molecule has 0 N–H and O–H groups in total. The molecule has 0 atom stereocenters. The minimum Gasteiger partial charge on any atom is -0.497 e. The lowest BCUT2D eigenvalue weighted by Crippen LogP contribution is -2.30. The van der Waals surface area contributed by atoms with Gasteiger partial charge in [-0.3, -0.25) is 19.8 Å². The van der Waals surface area contributed by atoms with Crippen LogP contribution in [0.3, 0.4) is 0 Å². The largest absolute Gasteiger partial charge is 0.497 e. The molecule has 0 radical (unpaired) electrons. The topological polar surface area (TPSA) is 88.3 Å². The van der Waals surface area contributed by atoms with Crippen molar-refractivity contribution in [1.82, 2.24) is 4.90 Å². The summed E-state index contributed by atoms with van der Waals surface area (Å²) in [5.74, 6) is 0.675. The predicted octanol–water partition coefficient (Wildman–Crippen LogP) is 6.72. The number of amides is 1. The zero-order valence-corrected chi connectivity index (χ0v) is 23.0. The van der Waals surface area contributed by atoms with Gasteiger partial charge < -0.3 is 9.64 Å². The van der Waals surface area contributed by atoms with Gasteiger partial charge in [0.2, 0.25) is 0 Å². The highest BCUT2D eigenvalue weighted by atomic mass is 32.2. The van der Waals surface area contributed by atoms with Gasteiger partial charge in [-0.2, -0.15) is 0 Å². The van der Waals surface area contributed by atoms with Crippen LogP contribution in [0.4, 0.5) is 17.1 Å². The van der Waals surface area contributed by atoms with Crippen molar-refractivity contribution in [3.05, 3.63) is 98.4 Å². The number of carbonyl (C=O) groups is 1. The maximum absolute atomic E-state index is 13.6. The molecule has 0 unspecified atom stereocenters. The van der Waals surface area contributed by atoms with Crippen molar-refractivity contribution in [2.75, 3.05) is 25.1 Å². The summed E-state index contributed by atoms with van der Waals surface area (Å²) in [7, 11) is 1.65. The van der Waals surface area contributed by atoms with Crippen molar-refractivity contribution >= 4 is 51.7 Å². The van der Waals surface area contributed by atoms with Gasteiger partial charge in [0.25, 0.3) is 11.6 Å². The zero-order valence-electron chi connectivity index (χ0n) is 21.3. The van der Waals surface area contributed by atoms with E-state index in [0.29, 0.717) is 29.6 Å². The zero-order chi connectivity index (χ0) is 27.3. The normalized spacial score (nSPS) is 18.4. The molecule has 2 heterocycles. The molecule has 1 aliphatic carbocycles. The number of nitro groups is 1. The van der Waals surface area contributed by atoms with E-state index in [9.17, 15) is 14.9 Å². The Hall–Kier alpha value is -4.02. The van der Waals surface area contributed by atoms with E-state index in [-0.39, 0.29) is 16.5 Å². The maximum Gasteiger partial charge on any atom is 0.269 e. The number of nitrogens with zero attached hydrogens (tertiary/aromatic N) is 4. The Morgan fingerprint density at radius 2 is 1.85 bits per heavy atom. The molecule has 6 rings (SSSR count). The number of amidine groups is 1. The van der Waals surface area contributed by atoms with E-state index in [1.807, 2.05) is 42.5 Å². The number of thioether (sulfide) groups is 2. The summed E-state index contributed by atoms with van der Waals surface area (Å²) in [6.45, 7) is 6.96. The first-order valence-electron chi connectivity index (χ1n) is 12.4. The third-order valence-corrected chi connectivity index (χ3v) is 9.26. The number of benzene rings is 3. The molecule has 8 nitrogen and oxygen atoms in total. The van der Waals surface area contributed by atoms with Crippen LogP contribution in [0.25, 0.3) is 11.1 Å². The summed E-state index contributed by atoms with van der Waals surface area (Å²) in [6, 6.07) is 16.9. The number of non-ortho nitro benzene ring substituents is 1. The van der Waals surface area contributed by atoms with Crippen LogP contribution >= 0.6 is 23.5 Å². The highest BCUT2D eigenvalue weighted by molar-refractivity contribution is 8.19. The summed E-state index contributed by atoms with van der Waals surface area (Å²) >= 11 is 2.96. The molecule has 1 saturated heterocycles. The number of carbonyl (C=O) groups excluding carboxylic acids is 1. The third-order valence-electron chi connectivity index (χ3n) is 6.88. The Bertz CT molecular complexity index is 1630. The number of methoxy groups -OCH3 is 1. The first-order valence-corrected chi connectivity index (χ1v) is 14.0. The van der Waals surface area contributed by atoms with Crippen molar-refractivity contribution in [3.8, 4) is 16.9 Å². The molecule has 1 amide bonds. The van der Waals surface area contributed by atoms with E-state index < -0.39 is 0 Å². The maximum atomic E-state index is 13.6. The molecule has 10 heteroatoms. The van der Waals surface area contributed by atoms with Crippen LogP contribution in [0.15, 0.2) is 87.1 Å². The van der Waals surface area contributed by atoms with E-state index in [0.717, 1.165) is 49.3 Å². The van der Waals surface area contributed by atoms with Gasteiger partial charge in [-0.1, -0.05) is 23.9 Å². The van der Waals surface area contributed by atoms with E-state index in [1.165, 1.54) is 11.8 Å². The van der Waals surface area contributed by atoms with E-state index in [1.54, 1.807) is 42.0 Å². The first kappa shape index (κ1) is 25.3. The van der Waals surface area contributed by atoms with E-state index in [2.05, 4.69) is 18.4 Å². The van der Waals surface area contributed by atoms with Crippen molar-refractivity contribution < 1.29 is 14.5 Å². The van der Waals surface area contributed by atoms with Crippen LogP contribution < -0.4 is 9.64 Å². The third kappa shape index (κ3) is 4.29. The van der Waals surface area contributed by atoms with Gasteiger partial charge in [-0.05, 0) is 77.7 Å². The second kappa shape index (κ2) is 9.94. The smallest absolute Gasteiger partial charge is 0.269 e. The molecule has 3 aromatic carbocycles. The summed E-state index contributed by atoms with van der Waals surface area (Å²) in [6.07, 6.45) is 2.30. The monoisotopic (exact) mass is 556 g/mol. The summed E-state index contributed by atoms with van der Waals surface area (Å²) in [5.41, 5.74) is 5.90. The molecule has 0 bridgehead atoms. The minimum absolute atomic E-state index is 0.0926. The minimum atomic E-state index is -0.368. The molecule has 39 heavy (non-hydrogen) atoms. The average Bonchev–Trinajstić information content (AvgIpc) is 3.58. The van der Waals surface area contributed by atoms with Crippen LogP contribution in [0, 0.1) is 10.1 Å². The Kier molecular flexibility index (Phi) is 6.44. The molecule has 2 aliphatic heterocycles. The second-order valence-corrected chi connectivity index (χ2v) is 11.1. The number of rotatable bonds is 6. The molecule has 196 valence electrons. The van der Waals surface area contributed by atoms with Gasteiger partial charge in [-0.25, -0.2) is 4.99 Å². The summed E-state index contributed by atoms with van der Waals surface area (Å²) < 4.78 is 5.42. The lowest BCUT2D eigenvalue weighted by molar-refractivity contribution is -0.384. The SMILES string of the molecule is C=CCN1C(=O)C(=C2Sc3ccc(OC)cc3N2CC)SC1=Nc1ccc2c(c1)Cc1cc([N+](=O)[O-])ccc1-2. The highest BCUT2D eigenvalue weighted by Gasteiger charge is 2.39. The number of anilines is 1.